The maximum Gasteiger partial charge on any atom is 0.414 e. The molecular weight excluding hydrogens is 472 g/mol. The van der Waals surface area contributed by atoms with Crippen LogP contribution in [0.25, 0.3) is 0 Å². The zero-order chi connectivity index (χ0) is 25.7. The van der Waals surface area contributed by atoms with Gasteiger partial charge in [0.05, 0.1) is 11.9 Å². The number of H-pyrrole nitrogens is 4. The van der Waals surface area contributed by atoms with Crippen LogP contribution in [0.4, 0.5) is 0 Å². The van der Waals surface area contributed by atoms with E-state index in [1.807, 2.05) is 24.8 Å². The first kappa shape index (κ1) is 39.6. The topological polar surface area (TPSA) is 352 Å². The third kappa shape index (κ3) is 29.4. The number of imidazole rings is 2. The largest absolute Gasteiger partial charge is 0.543 e. The molecule has 18 nitrogen and oxygen atoms in total. The molecule has 18 heteroatoms. The fraction of sp³-hybridized carbons (Fsp3) is 0.250. The summed E-state index contributed by atoms with van der Waals surface area (Å²) in [6, 6.07) is 0. The SMILES string of the molecule is CCc1[nH]cc[nH+]1.CCc1[nH]cc[nH+]1.O.O.O=C(O)C(=O)O.O=C(O)C(=O)O.O=C([O-])C(=O)[O-]. The molecule has 2 rings (SSSR count). The minimum absolute atomic E-state index is 0. The summed E-state index contributed by atoms with van der Waals surface area (Å²) in [5.41, 5.74) is 0. The van der Waals surface area contributed by atoms with Crippen LogP contribution in [0.15, 0.2) is 24.8 Å². The highest BCUT2D eigenvalue weighted by molar-refractivity contribution is 6.28. The van der Waals surface area contributed by atoms with Crippen molar-refractivity contribution in [2.24, 2.45) is 0 Å². The van der Waals surface area contributed by atoms with E-state index in [1.165, 1.54) is 11.6 Å². The molecule has 0 bridgehead atoms. The molecule has 2 aromatic rings. The van der Waals surface area contributed by atoms with Gasteiger partial charge >= 0.3 is 23.9 Å². The van der Waals surface area contributed by atoms with Crippen molar-refractivity contribution < 1.29 is 80.3 Å². The lowest BCUT2D eigenvalue weighted by molar-refractivity contribution is -0.388. The van der Waals surface area contributed by atoms with Crippen LogP contribution in [0, 0.1) is 0 Å². The van der Waals surface area contributed by atoms with Gasteiger partial charge in [0.15, 0.2) is 0 Å². The third-order valence-electron chi connectivity index (χ3n) is 2.44. The molecule has 0 atom stereocenters. The average Bonchev–Trinajstić information content (AvgIpc) is 3.43. The number of aromatic nitrogens is 4. The molecule has 2 heterocycles. The van der Waals surface area contributed by atoms with E-state index in [-0.39, 0.29) is 11.0 Å². The van der Waals surface area contributed by atoms with Gasteiger partial charge in [0.25, 0.3) is 11.6 Å². The van der Waals surface area contributed by atoms with E-state index in [4.69, 9.17) is 59.4 Å². The summed E-state index contributed by atoms with van der Waals surface area (Å²) >= 11 is 0. The first-order valence-electron chi connectivity index (χ1n) is 8.22. The fourth-order valence-electron chi connectivity index (χ4n) is 1.06. The number of hydrogen-bond donors (Lipinski definition) is 6. The predicted octanol–water partition coefficient (Wildman–Crippen LogP) is -6.07. The molecule has 0 amide bonds. The monoisotopic (exact) mass is 498 g/mol. The lowest BCUT2D eigenvalue weighted by Gasteiger charge is -1.97. The number of carboxylic acid groups (broad SMARTS) is 6. The molecule has 0 saturated carbocycles. The first-order valence-corrected chi connectivity index (χ1v) is 8.22. The highest BCUT2D eigenvalue weighted by atomic mass is 16.5. The number of aliphatic carboxylic acids is 6. The molecule has 12 N–H and O–H groups in total. The smallest absolute Gasteiger partial charge is 0.414 e. The van der Waals surface area contributed by atoms with Crippen molar-refractivity contribution in [3.05, 3.63) is 36.4 Å². The van der Waals surface area contributed by atoms with Crippen molar-refractivity contribution in [1.82, 2.24) is 9.97 Å². The molecule has 0 fully saturated rings. The van der Waals surface area contributed by atoms with Crippen LogP contribution < -0.4 is 20.2 Å². The molecule has 0 saturated heterocycles. The van der Waals surface area contributed by atoms with Gasteiger partial charge in [0.2, 0.25) is 0 Å². The summed E-state index contributed by atoms with van der Waals surface area (Å²) in [5, 5.41) is 47.4. The van der Waals surface area contributed by atoms with Crippen molar-refractivity contribution >= 4 is 35.8 Å². The van der Waals surface area contributed by atoms with Crippen molar-refractivity contribution in [1.29, 1.82) is 0 Å². The number of nitrogens with one attached hydrogen (secondary N) is 4. The van der Waals surface area contributed by atoms with Crippen molar-refractivity contribution in [2.45, 2.75) is 26.7 Å². The van der Waals surface area contributed by atoms with E-state index in [0.29, 0.717) is 0 Å². The maximum absolute atomic E-state index is 9.10. The molecule has 0 aromatic carbocycles. The number of hydrogen-bond acceptors (Lipinski definition) is 8. The van der Waals surface area contributed by atoms with Crippen molar-refractivity contribution in [2.75, 3.05) is 0 Å². The van der Waals surface area contributed by atoms with Gasteiger partial charge in [-0.2, -0.15) is 0 Å². The minimum Gasteiger partial charge on any atom is -0.543 e. The minimum atomic E-state index is -2.19. The van der Waals surface area contributed by atoms with Crippen LogP contribution in [0.1, 0.15) is 25.5 Å². The Kier molecular flexibility index (Phi) is 28.5. The van der Waals surface area contributed by atoms with Crippen LogP contribution >= 0.6 is 0 Å². The number of aryl methyl sites for hydroxylation is 2. The molecule has 34 heavy (non-hydrogen) atoms. The lowest BCUT2D eigenvalue weighted by Crippen LogP contribution is -2.42. The Hall–Kier alpha value is -4.84. The number of carbonyl (C=O) groups excluding carboxylic acids is 2. The zero-order valence-electron chi connectivity index (χ0n) is 17.8. The van der Waals surface area contributed by atoms with E-state index < -0.39 is 35.8 Å². The van der Waals surface area contributed by atoms with Crippen LogP contribution in [0.5, 0.6) is 0 Å². The van der Waals surface area contributed by atoms with E-state index in [2.05, 4.69) is 33.8 Å². The molecule has 0 unspecified atom stereocenters. The molecule has 194 valence electrons. The van der Waals surface area contributed by atoms with E-state index in [1.54, 1.807) is 0 Å². The Labute approximate surface area is 190 Å². The Balaban J connectivity index is -0.000000102. The maximum atomic E-state index is 9.10. The van der Waals surface area contributed by atoms with Gasteiger partial charge in [-0.3, -0.25) is 0 Å². The summed E-state index contributed by atoms with van der Waals surface area (Å²) < 4.78 is 0. The van der Waals surface area contributed by atoms with Gasteiger partial charge in [-0.1, -0.05) is 13.8 Å². The predicted molar refractivity (Wildman–Crippen MR) is 101 cm³/mol. The summed E-state index contributed by atoms with van der Waals surface area (Å²) in [6.07, 6.45) is 9.65. The third-order valence-corrected chi connectivity index (χ3v) is 2.44. The van der Waals surface area contributed by atoms with Crippen LogP contribution in [-0.2, 0) is 41.6 Å². The number of carbonyl (C=O) groups is 6. The van der Waals surface area contributed by atoms with Gasteiger partial charge in [0, 0.05) is 12.8 Å². The molecule has 0 spiro atoms. The van der Waals surface area contributed by atoms with Gasteiger partial charge in [-0.15, -0.1) is 0 Å². The summed E-state index contributed by atoms with van der Waals surface area (Å²) in [6.45, 7) is 4.20. The Morgan fingerprint density at radius 1 is 0.676 bits per heavy atom. The second-order valence-electron chi connectivity index (χ2n) is 4.70. The molecule has 0 aliphatic carbocycles. The molecule has 2 aromatic heterocycles. The Bertz CT molecular complexity index is 707. The first-order chi connectivity index (χ1) is 14.8. The number of aromatic amines is 4. The van der Waals surface area contributed by atoms with E-state index in [9.17, 15) is 0 Å². The molecule has 0 radical (unpaired) electrons. The van der Waals surface area contributed by atoms with Crippen LogP contribution in [0.2, 0.25) is 0 Å². The van der Waals surface area contributed by atoms with Crippen LogP contribution in [-0.4, -0.2) is 77.2 Å². The van der Waals surface area contributed by atoms with Crippen molar-refractivity contribution in [3.8, 4) is 0 Å². The number of rotatable bonds is 2. The van der Waals surface area contributed by atoms with Crippen molar-refractivity contribution in [3.63, 3.8) is 0 Å². The highest BCUT2D eigenvalue weighted by Gasteiger charge is 2.04. The molecule has 0 aliphatic rings. The summed E-state index contributed by atoms with van der Waals surface area (Å²) in [7, 11) is 0. The van der Waals surface area contributed by atoms with Gasteiger partial charge in [0.1, 0.15) is 24.8 Å². The standard InChI is InChI=1S/2C5H8N2.3C2H2O4.2H2O/c2*1-2-5-6-3-4-7-5;3*3-1(4)2(5)6;;/h2*3-4H,2H2,1H3,(H,6,7);3*(H,3,4)(H,5,6);2*1H2. The quantitative estimate of drug-likeness (QED) is 0.211. The summed E-state index contributed by atoms with van der Waals surface area (Å²) in [4.78, 5) is 66.4. The summed E-state index contributed by atoms with van der Waals surface area (Å²) in [5.74, 6) is -9.31. The van der Waals surface area contributed by atoms with E-state index in [0.717, 1.165) is 12.8 Å². The molecular formula is C16H26N4O14. The Morgan fingerprint density at radius 3 is 0.971 bits per heavy atom. The average molecular weight is 498 g/mol. The Morgan fingerprint density at radius 2 is 0.912 bits per heavy atom. The van der Waals surface area contributed by atoms with Gasteiger partial charge < -0.3 is 51.2 Å². The number of carboxylic acids is 6. The van der Waals surface area contributed by atoms with Crippen LogP contribution in [0.3, 0.4) is 0 Å². The fourth-order valence-corrected chi connectivity index (χ4v) is 1.06. The molecule has 0 aliphatic heterocycles. The zero-order valence-corrected chi connectivity index (χ0v) is 17.8. The van der Waals surface area contributed by atoms with Gasteiger partial charge in [-0.25, -0.2) is 39.1 Å². The second kappa shape index (κ2) is 24.4. The highest BCUT2D eigenvalue weighted by Crippen LogP contribution is 1.79. The normalized spacial score (nSPS) is 7.71. The van der Waals surface area contributed by atoms with E-state index >= 15 is 0 Å². The van der Waals surface area contributed by atoms with Gasteiger partial charge in [-0.05, 0) is 0 Å². The second-order valence-corrected chi connectivity index (χ2v) is 4.70. The lowest BCUT2D eigenvalue weighted by atomic mass is 10.5.